The maximum absolute atomic E-state index is 9.26. The molecule has 0 saturated heterocycles. The number of rotatable bonds is 3. The summed E-state index contributed by atoms with van der Waals surface area (Å²) < 4.78 is 6.28. The van der Waals surface area contributed by atoms with Crippen LogP contribution in [-0.4, -0.2) is 15.2 Å². The molecule has 0 fully saturated rings. The molecule has 1 N–H and O–H groups in total. The van der Waals surface area contributed by atoms with Crippen molar-refractivity contribution in [2.75, 3.05) is 0 Å². The van der Waals surface area contributed by atoms with Gasteiger partial charge in [-0.25, -0.2) is 0 Å². The number of hydrogen-bond acceptors (Lipinski definition) is 4. The van der Waals surface area contributed by atoms with Crippen molar-refractivity contribution in [1.82, 2.24) is 10.1 Å². The van der Waals surface area contributed by atoms with Gasteiger partial charge >= 0.3 is 0 Å². The Kier molecular flexibility index (Phi) is 3.52. The Balaban J connectivity index is 1.80. The normalized spacial score (nSPS) is 10.7. The van der Waals surface area contributed by atoms with Crippen LogP contribution in [-0.2, 0) is 6.42 Å². The minimum Gasteiger partial charge on any atom is -0.508 e. The molecule has 1 aromatic heterocycles. The highest BCUT2D eigenvalue weighted by molar-refractivity contribution is 9.10. The van der Waals surface area contributed by atoms with E-state index >= 15 is 0 Å². The summed E-state index contributed by atoms with van der Waals surface area (Å²) in [6.45, 7) is 0. The Labute approximate surface area is 124 Å². The highest BCUT2D eigenvalue weighted by Crippen LogP contribution is 2.21. The van der Waals surface area contributed by atoms with Gasteiger partial charge in [-0.05, 0) is 42.0 Å². The lowest BCUT2D eigenvalue weighted by molar-refractivity contribution is 0.423. The first-order valence-electron chi connectivity index (χ1n) is 6.07. The van der Waals surface area contributed by atoms with Crippen molar-refractivity contribution >= 4 is 15.9 Å². The van der Waals surface area contributed by atoms with Crippen LogP contribution in [0.25, 0.3) is 11.5 Å². The number of hydrogen-bond donors (Lipinski definition) is 1. The molecule has 0 saturated carbocycles. The lowest BCUT2D eigenvalue weighted by Gasteiger charge is -1.96. The molecule has 0 atom stereocenters. The lowest BCUT2D eigenvalue weighted by Crippen LogP contribution is -1.90. The summed E-state index contributed by atoms with van der Waals surface area (Å²) in [4.78, 5) is 4.36. The van der Waals surface area contributed by atoms with E-state index in [2.05, 4.69) is 26.1 Å². The van der Waals surface area contributed by atoms with Crippen molar-refractivity contribution in [3.63, 3.8) is 0 Å². The average Bonchev–Trinajstić information content (AvgIpc) is 2.91. The van der Waals surface area contributed by atoms with E-state index in [4.69, 9.17) is 4.52 Å². The van der Waals surface area contributed by atoms with Crippen LogP contribution in [0.3, 0.4) is 0 Å². The number of aromatic nitrogens is 2. The fourth-order valence-electron chi connectivity index (χ4n) is 1.83. The molecule has 1 heterocycles. The van der Waals surface area contributed by atoms with Crippen molar-refractivity contribution in [3.05, 3.63) is 64.4 Å². The van der Waals surface area contributed by atoms with E-state index in [0.717, 1.165) is 15.6 Å². The first-order chi connectivity index (χ1) is 9.70. The Morgan fingerprint density at radius 1 is 1.00 bits per heavy atom. The smallest absolute Gasteiger partial charge is 0.257 e. The molecule has 0 bridgehead atoms. The topological polar surface area (TPSA) is 59.2 Å². The second-order valence-corrected chi connectivity index (χ2v) is 5.28. The van der Waals surface area contributed by atoms with Crippen LogP contribution in [0.15, 0.2) is 57.5 Å². The Morgan fingerprint density at radius 3 is 2.40 bits per heavy atom. The molecule has 4 nitrogen and oxygen atoms in total. The Hall–Kier alpha value is -2.14. The molecule has 3 aromatic rings. The molecule has 20 heavy (non-hydrogen) atoms. The molecule has 0 radical (unpaired) electrons. The van der Waals surface area contributed by atoms with Crippen LogP contribution in [0.4, 0.5) is 0 Å². The van der Waals surface area contributed by atoms with Crippen molar-refractivity contribution in [3.8, 4) is 17.2 Å². The molecule has 3 rings (SSSR count). The highest BCUT2D eigenvalue weighted by atomic mass is 79.9. The fourth-order valence-corrected chi connectivity index (χ4v) is 2.10. The predicted octanol–water partition coefficient (Wildman–Crippen LogP) is 3.80. The summed E-state index contributed by atoms with van der Waals surface area (Å²) in [6.07, 6.45) is 0.620. The first-order valence-corrected chi connectivity index (χ1v) is 6.86. The number of benzene rings is 2. The maximum atomic E-state index is 9.26. The van der Waals surface area contributed by atoms with Crippen molar-refractivity contribution < 1.29 is 9.63 Å². The fraction of sp³-hybridized carbons (Fsp3) is 0.0667. The zero-order valence-corrected chi connectivity index (χ0v) is 12.0. The number of phenolic OH excluding ortho intramolecular Hbond substituents is 1. The van der Waals surface area contributed by atoms with E-state index in [1.807, 2.05) is 24.3 Å². The molecule has 0 unspecified atom stereocenters. The monoisotopic (exact) mass is 330 g/mol. The van der Waals surface area contributed by atoms with E-state index < -0.39 is 0 Å². The van der Waals surface area contributed by atoms with Gasteiger partial charge in [-0.3, -0.25) is 0 Å². The molecule has 0 aliphatic carbocycles. The largest absolute Gasteiger partial charge is 0.508 e. The SMILES string of the molecule is Oc1ccc(-c2nc(Cc3ccc(Br)cc3)no2)cc1. The molecule has 2 aromatic carbocycles. The molecule has 5 heteroatoms. The quantitative estimate of drug-likeness (QED) is 0.793. The van der Waals surface area contributed by atoms with Gasteiger partial charge in [0.15, 0.2) is 5.82 Å². The summed E-state index contributed by atoms with van der Waals surface area (Å²) in [5, 5.41) is 13.2. The highest BCUT2D eigenvalue weighted by Gasteiger charge is 2.09. The third-order valence-corrected chi connectivity index (χ3v) is 3.39. The third-order valence-electron chi connectivity index (χ3n) is 2.86. The van der Waals surface area contributed by atoms with Crippen LogP contribution < -0.4 is 0 Å². The van der Waals surface area contributed by atoms with Crippen LogP contribution in [0.2, 0.25) is 0 Å². The minimum absolute atomic E-state index is 0.211. The summed E-state index contributed by atoms with van der Waals surface area (Å²) in [5.41, 5.74) is 1.91. The number of phenols is 1. The molecular weight excluding hydrogens is 320 g/mol. The van der Waals surface area contributed by atoms with Gasteiger partial charge in [0.2, 0.25) is 0 Å². The Morgan fingerprint density at radius 2 is 1.70 bits per heavy atom. The lowest BCUT2D eigenvalue weighted by atomic mass is 10.1. The number of aromatic hydroxyl groups is 1. The summed E-state index contributed by atoms with van der Waals surface area (Å²) >= 11 is 3.40. The van der Waals surface area contributed by atoms with Gasteiger partial charge < -0.3 is 9.63 Å². The van der Waals surface area contributed by atoms with Crippen molar-refractivity contribution in [1.29, 1.82) is 0 Å². The van der Waals surface area contributed by atoms with Gasteiger partial charge in [-0.15, -0.1) is 0 Å². The molecule has 0 amide bonds. The van der Waals surface area contributed by atoms with E-state index in [9.17, 15) is 5.11 Å². The van der Waals surface area contributed by atoms with E-state index in [1.54, 1.807) is 24.3 Å². The van der Waals surface area contributed by atoms with Gasteiger partial charge in [0.05, 0.1) is 0 Å². The number of nitrogens with zero attached hydrogens (tertiary/aromatic N) is 2. The third kappa shape index (κ3) is 2.88. The second-order valence-electron chi connectivity index (χ2n) is 4.37. The van der Waals surface area contributed by atoms with Gasteiger partial charge in [0.25, 0.3) is 5.89 Å². The molecule has 0 spiro atoms. The van der Waals surface area contributed by atoms with E-state index in [-0.39, 0.29) is 5.75 Å². The van der Waals surface area contributed by atoms with Gasteiger partial charge in [-0.1, -0.05) is 33.2 Å². The zero-order chi connectivity index (χ0) is 13.9. The second kappa shape index (κ2) is 5.46. The van der Waals surface area contributed by atoms with Gasteiger partial charge in [0, 0.05) is 16.5 Å². The van der Waals surface area contributed by atoms with Crippen LogP contribution in [0.1, 0.15) is 11.4 Å². The average molecular weight is 331 g/mol. The van der Waals surface area contributed by atoms with E-state index in [1.165, 1.54) is 0 Å². The van der Waals surface area contributed by atoms with Crippen LogP contribution in [0, 0.1) is 0 Å². The van der Waals surface area contributed by atoms with Crippen molar-refractivity contribution in [2.24, 2.45) is 0 Å². The molecule has 0 aliphatic heterocycles. The standard InChI is InChI=1S/C15H11BrN2O2/c16-12-5-1-10(2-6-12)9-14-17-15(20-18-14)11-3-7-13(19)8-4-11/h1-8,19H,9H2. The van der Waals surface area contributed by atoms with Crippen molar-refractivity contribution in [2.45, 2.75) is 6.42 Å². The predicted molar refractivity (Wildman–Crippen MR) is 78.3 cm³/mol. The van der Waals surface area contributed by atoms with E-state index in [0.29, 0.717) is 18.1 Å². The van der Waals surface area contributed by atoms with Gasteiger partial charge in [-0.2, -0.15) is 4.98 Å². The van der Waals surface area contributed by atoms with Gasteiger partial charge in [0.1, 0.15) is 5.75 Å². The summed E-state index contributed by atoms with van der Waals surface area (Å²) in [6, 6.07) is 14.7. The molecule has 0 aliphatic rings. The maximum Gasteiger partial charge on any atom is 0.257 e. The summed E-state index contributed by atoms with van der Waals surface area (Å²) in [5.74, 6) is 1.30. The zero-order valence-electron chi connectivity index (χ0n) is 10.5. The molecular formula is C15H11BrN2O2. The summed E-state index contributed by atoms with van der Waals surface area (Å²) in [7, 11) is 0. The van der Waals surface area contributed by atoms with Crippen LogP contribution in [0.5, 0.6) is 5.75 Å². The first kappa shape index (κ1) is 12.9. The molecule has 100 valence electrons. The minimum atomic E-state index is 0.211. The number of halogens is 1. The Bertz CT molecular complexity index is 705. The van der Waals surface area contributed by atoms with Crippen LogP contribution >= 0.6 is 15.9 Å².